The molecular formula is C5H7N2P. The molecule has 0 aliphatic carbocycles. The van der Waals surface area contributed by atoms with Gasteiger partial charge in [-0.1, -0.05) is 9.24 Å². The number of hydrogen-bond acceptors (Lipinski definition) is 2. The van der Waals surface area contributed by atoms with Crippen LogP contribution in [0.15, 0.2) is 18.3 Å². The van der Waals surface area contributed by atoms with E-state index in [0.29, 0.717) is 5.69 Å². The highest BCUT2D eigenvalue weighted by molar-refractivity contribution is 7.26. The zero-order valence-corrected chi connectivity index (χ0v) is 5.49. The van der Waals surface area contributed by atoms with Crippen LogP contribution in [-0.4, -0.2) is 4.98 Å². The van der Waals surface area contributed by atoms with Crippen molar-refractivity contribution in [2.75, 3.05) is 5.73 Å². The van der Waals surface area contributed by atoms with Crippen LogP contribution < -0.4 is 11.2 Å². The lowest BCUT2D eigenvalue weighted by Gasteiger charge is -1.89. The molecule has 42 valence electrons. The van der Waals surface area contributed by atoms with Gasteiger partial charge < -0.3 is 5.73 Å². The van der Waals surface area contributed by atoms with E-state index in [4.69, 9.17) is 5.73 Å². The third-order valence-electron chi connectivity index (χ3n) is 0.809. The number of aromatic nitrogens is 1. The van der Waals surface area contributed by atoms with Crippen molar-refractivity contribution in [3.63, 3.8) is 0 Å². The fourth-order valence-electron chi connectivity index (χ4n) is 0.417. The summed E-state index contributed by atoms with van der Waals surface area (Å²) in [5.41, 5.74) is 6.98. The number of nitrogen functional groups attached to an aromatic ring is 1. The van der Waals surface area contributed by atoms with E-state index in [1.165, 1.54) is 0 Å². The number of anilines is 1. The molecule has 1 rings (SSSR count). The first-order valence-electron chi connectivity index (χ1n) is 2.26. The van der Waals surface area contributed by atoms with Gasteiger partial charge in [-0.05, 0) is 12.1 Å². The lowest BCUT2D eigenvalue weighted by molar-refractivity contribution is 1.40. The fourth-order valence-corrected chi connectivity index (χ4v) is 0.588. The first-order valence-corrected chi connectivity index (χ1v) is 2.84. The molecule has 0 saturated carbocycles. The van der Waals surface area contributed by atoms with Gasteiger partial charge in [0, 0.05) is 0 Å². The van der Waals surface area contributed by atoms with E-state index < -0.39 is 0 Å². The highest BCUT2D eigenvalue weighted by atomic mass is 31.0. The summed E-state index contributed by atoms with van der Waals surface area (Å²) in [6.45, 7) is 0. The fraction of sp³-hybridized carbons (Fsp3) is 0. The molecule has 0 saturated heterocycles. The van der Waals surface area contributed by atoms with Gasteiger partial charge in [0.05, 0.1) is 17.3 Å². The first-order chi connectivity index (χ1) is 3.79. The van der Waals surface area contributed by atoms with Crippen molar-refractivity contribution in [3.8, 4) is 0 Å². The molecule has 0 amide bonds. The Kier molecular flexibility index (Phi) is 1.45. The van der Waals surface area contributed by atoms with Gasteiger partial charge in [0.25, 0.3) is 0 Å². The Bertz CT molecular complexity index is 149. The lowest BCUT2D eigenvalue weighted by atomic mass is 10.4. The zero-order valence-electron chi connectivity index (χ0n) is 4.33. The van der Waals surface area contributed by atoms with Crippen molar-refractivity contribution in [2.45, 2.75) is 0 Å². The van der Waals surface area contributed by atoms with E-state index >= 15 is 0 Å². The van der Waals surface area contributed by atoms with Gasteiger partial charge in [-0.3, -0.25) is 4.98 Å². The van der Waals surface area contributed by atoms with Gasteiger partial charge >= 0.3 is 0 Å². The maximum atomic E-state index is 5.35. The molecule has 0 bridgehead atoms. The van der Waals surface area contributed by atoms with Crippen LogP contribution >= 0.6 is 9.24 Å². The molecule has 1 aromatic heterocycles. The third kappa shape index (κ3) is 1.17. The molecule has 0 radical (unpaired) electrons. The molecule has 0 aliphatic rings. The predicted molar refractivity (Wildman–Crippen MR) is 38.0 cm³/mol. The highest BCUT2D eigenvalue weighted by Gasteiger charge is 1.81. The van der Waals surface area contributed by atoms with Crippen LogP contribution in [0, 0.1) is 0 Å². The second kappa shape index (κ2) is 2.10. The summed E-state index contributed by atoms with van der Waals surface area (Å²) in [5.74, 6) is 0. The molecule has 0 aliphatic heterocycles. The van der Waals surface area contributed by atoms with Crippen LogP contribution in [0.5, 0.6) is 0 Å². The highest BCUT2D eigenvalue weighted by Crippen LogP contribution is 1.94. The summed E-state index contributed by atoms with van der Waals surface area (Å²) < 4.78 is 0. The second-order valence-electron chi connectivity index (χ2n) is 1.52. The van der Waals surface area contributed by atoms with E-state index in [1.807, 2.05) is 12.1 Å². The number of nitrogens with zero attached hydrogens (tertiary/aromatic N) is 1. The number of rotatable bonds is 0. The van der Waals surface area contributed by atoms with E-state index in [1.54, 1.807) is 6.20 Å². The summed E-state index contributed by atoms with van der Waals surface area (Å²) in [7, 11) is 2.48. The summed E-state index contributed by atoms with van der Waals surface area (Å²) in [5, 5.41) is 0. The van der Waals surface area contributed by atoms with E-state index in [-0.39, 0.29) is 0 Å². The van der Waals surface area contributed by atoms with Crippen molar-refractivity contribution in [2.24, 2.45) is 0 Å². The first kappa shape index (κ1) is 5.52. The summed E-state index contributed by atoms with van der Waals surface area (Å²) in [6.07, 6.45) is 1.63. The SMILES string of the molecule is Nc1ccc(P)nc1. The van der Waals surface area contributed by atoms with E-state index in [9.17, 15) is 0 Å². The summed E-state index contributed by atoms with van der Waals surface area (Å²) >= 11 is 0. The van der Waals surface area contributed by atoms with Crippen molar-refractivity contribution >= 4 is 20.4 Å². The molecule has 1 atom stereocenters. The topological polar surface area (TPSA) is 38.9 Å². The Morgan fingerprint density at radius 2 is 2.25 bits per heavy atom. The second-order valence-corrected chi connectivity index (χ2v) is 2.11. The number of nitrogens with two attached hydrogens (primary N) is 1. The molecule has 0 fully saturated rings. The minimum atomic E-state index is 0.705. The molecule has 1 heterocycles. The van der Waals surface area contributed by atoms with Gasteiger partial charge in [0.15, 0.2) is 0 Å². The maximum Gasteiger partial charge on any atom is 0.0570 e. The van der Waals surface area contributed by atoms with Gasteiger partial charge in [-0.15, -0.1) is 0 Å². The summed E-state index contributed by atoms with van der Waals surface area (Å²) in [4.78, 5) is 3.92. The molecule has 1 aromatic rings. The lowest BCUT2D eigenvalue weighted by Crippen LogP contribution is -1.96. The Morgan fingerprint density at radius 3 is 2.62 bits per heavy atom. The minimum absolute atomic E-state index is 0.705. The molecule has 2 N–H and O–H groups in total. The van der Waals surface area contributed by atoms with E-state index in [2.05, 4.69) is 14.2 Å². The zero-order chi connectivity index (χ0) is 5.98. The Balaban J connectivity index is 3.03. The molecule has 8 heavy (non-hydrogen) atoms. The molecule has 1 unspecified atom stereocenters. The van der Waals surface area contributed by atoms with Crippen molar-refractivity contribution < 1.29 is 0 Å². The normalized spacial score (nSPS) is 9.12. The summed E-state index contributed by atoms with van der Waals surface area (Å²) in [6, 6.07) is 3.66. The van der Waals surface area contributed by atoms with Crippen LogP contribution in [0.3, 0.4) is 0 Å². The third-order valence-corrected chi connectivity index (χ3v) is 1.15. The van der Waals surface area contributed by atoms with Crippen molar-refractivity contribution in [1.82, 2.24) is 4.98 Å². The predicted octanol–water partition coefficient (Wildman–Crippen LogP) is 0.164. The van der Waals surface area contributed by atoms with Gasteiger partial charge in [-0.25, -0.2) is 0 Å². The smallest absolute Gasteiger partial charge is 0.0570 e. The Morgan fingerprint density at radius 1 is 1.50 bits per heavy atom. The number of pyridine rings is 1. The average molecular weight is 126 g/mol. The number of hydrogen-bond donors (Lipinski definition) is 1. The Labute approximate surface area is 50.3 Å². The van der Waals surface area contributed by atoms with Gasteiger partial charge in [-0.2, -0.15) is 0 Å². The van der Waals surface area contributed by atoms with Crippen LogP contribution in [0.2, 0.25) is 0 Å². The van der Waals surface area contributed by atoms with Crippen LogP contribution in [0.4, 0.5) is 5.69 Å². The quantitative estimate of drug-likeness (QED) is 0.503. The largest absolute Gasteiger partial charge is 0.397 e. The van der Waals surface area contributed by atoms with Crippen LogP contribution in [-0.2, 0) is 0 Å². The molecule has 3 heteroatoms. The van der Waals surface area contributed by atoms with Crippen molar-refractivity contribution in [3.05, 3.63) is 18.3 Å². The van der Waals surface area contributed by atoms with Gasteiger partial charge in [0.1, 0.15) is 0 Å². The molecule has 0 aromatic carbocycles. The van der Waals surface area contributed by atoms with Gasteiger partial charge in [0.2, 0.25) is 0 Å². The minimum Gasteiger partial charge on any atom is -0.397 e. The van der Waals surface area contributed by atoms with Crippen molar-refractivity contribution in [1.29, 1.82) is 0 Å². The van der Waals surface area contributed by atoms with Crippen LogP contribution in [0.25, 0.3) is 0 Å². The molecular weight excluding hydrogens is 119 g/mol. The molecule has 0 spiro atoms. The maximum absolute atomic E-state index is 5.35. The standard InChI is InChI=1S/C5H7N2P/c6-4-1-2-5(8)7-3-4/h1-3H,6,8H2. The average Bonchev–Trinajstić information content (AvgIpc) is 1.77. The molecule has 2 nitrogen and oxygen atoms in total. The monoisotopic (exact) mass is 126 g/mol. The van der Waals surface area contributed by atoms with E-state index in [0.717, 1.165) is 5.44 Å². The Hall–Kier alpha value is -0.620. The van der Waals surface area contributed by atoms with Crippen LogP contribution in [0.1, 0.15) is 0 Å².